The first kappa shape index (κ1) is 16.4. The van der Waals surface area contributed by atoms with Crippen LogP contribution in [0.15, 0.2) is 44.8 Å². The maximum atomic E-state index is 13.0. The Hall–Kier alpha value is -2.12. The smallest absolute Gasteiger partial charge is 0.262 e. The van der Waals surface area contributed by atoms with Crippen molar-refractivity contribution in [1.82, 2.24) is 14.7 Å². The highest BCUT2D eigenvalue weighted by Gasteiger charge is 2.20. The van der Waals surface area contributed by atoms with Crippen LogP contribution < -0.4 is 5.56 Å². The molecule has 1 aromatic carbocycles. The fourth-order valence-corrected chi connectivity index (χ4v) is 3.92. The van der Waals surface area contributed by atoms with Gasteiger partial charge in [-0.2, -0.15) is 0 Å². The molecule has 1 saturated heterocycles. The number of rotatable bonds is 5. The molecule has 1 aliphatic rings. The van der Waals surface area contributed by atoms with E-state index in [0.29, 0.717) is 22.8 Å². The third-order valence-corrected chi connectivity index (χ3v) is 5.27. The van der Waals surface area contributed by atoms with Crippen molar-refractivity contribution in [3.63, 3.8) is 0 Å². The first-order valence-corrected chi connectivity index (χ1v) is 9.35. The molecule has 0 unspecified atom stereocenters. The summed E-state index contributed by atoms with van der Waals surface area (Å²) >= 11 is 1.50. The molecule has 1 aliphatic heterocycles. The third-order valence-electron chi connectivity index (χ3n) is 4.26. The number of benzene rings is 1. The molecule has 25 heavy (non-hydrogen) atoms. The number of hydrogen-bond acceptors (Lipinski definition) is 6. The van der Waals surface area contributed by atoms with Gasteiger partial charge in [-0.05, 0) is 31.9 Å². The molecule has 2 aromatic heterocycles. The second kappa shape index (κ2) is 7.01. The van der Waals surface area contributed by atoms with E-state index in [9.17, 15) is 4.79 Å². The highest BCUT2D eigenvalue weighted by molar-refractivity contribution is 7.98. The largest absolute Gasteiger partial charge is 0.376 e. The Bertz CT molecular complexity index is 944. The summed E-state index contributed by atoms with van der Waals surface area (Å²) in [5.74, 6) is 1.38. The Labute approximate surface area is 149 Å². The summed E-state index contributed by atoms with van der Waals surface area (Å²) in [5, 5.41) is 5.35. The molecule has 4 rings (SSSR count). The van der Waals surface area contributed by atoms with Crippen molar-refractivity contribution < 1.29 is 9.26 Å². The lowest BCUT2D eigenvalue weighted by atomic mass is 10.2. The topological polar surface area (TPSA) is 70.2 Å². The van der Waals surface area contributed by atoms with Crippen LogP contribution in [0, 0.1) is 6.92 Å². The molecule has 7 heteroatoms. The van der Waals surface area contributed by atoms with E-state index in [1.165, 1.54) is 11.8 Å². The second-order valence-corrected chi connectivity index (χ2v) is 7.12. The molecule has 3 aromatic rings. The lowest BCUT2D eigenvalue weighted by Crippen LogP contribution is -2.28. The Morgan fingerprint density at radius 2 is 2.24 bits per heavy atom. The van der Waals surface area contributed by atoms with E-state index in [-0.39, 0.29) is 11.7 Å². The molecule has 3 heterocycles. The van der Waals surface area contributed by atoms with Gasteiger partial charge in [0.25, 0.3) is 5.56 Å². The molecular formula is C18H19N3O3S. The summed E-state index contributed by atoms with van der Waals surface area (Å²) in [7, 11) is 0. The summed E-state index contributed by atoms with van der Waals surface area (Å²) in [5.41, 5.74) is 1.54. The van der Waals surface area contributed by atoms with Crippen LogP contribution in [0.4, 0.5) is 0 Å². The normalized spacial score (nSPS) is 17.4. The van der Waals surface area contributed by atoms with Crippen LogP contribution in [0.2, 0.25) is 0 Å². The first-order chi connectivity index (χ1) is 12.2. The van der Waals surface area contributed by atoms with E-state index in [0.717, 1.165) is 36.4 Å². The number of fused-ring (bicyclic) bond motifs is 1. The molecular weight excluding hydrogens is 338 g/mol. The minimum Gasteiger partial charge on any atom is -0.376 e. The summed E-state index contributed by atoms with van der Waals surface area (Å²) in [6, 6.07) is 9.36. The number of ether oxygens (including phenoxy) is 1. The lowest BCUT2D eigenvalue weighted by Gasteiger charge is -2.16. The predicted octanol–water partition coefficient (Wildman–Crippen LogP) is 3.16. The van der Waals surface area contributed by atoms with Crippen LogP contribution in [-0.2, 0) is 17.0 Å². The van der Waals surface area contributed by atoms with Gasteiger partial charge >= 0.3 is 0 Å². The van der Waals surface area contributed by atoms with Gasteiger partial charge in [-0.25, -0.2) is 4.98 Å². The van der Waals surface area contributed by atoms with Crippen LogP contribution >= 0.6 is 11.8 Å². The quantitative estimate of drug-likeness (QED) is 0.516. The standard InChI is InChI=1S/C18H19N3O3S/c1-12-9-13(20-24-12)11-25-18-19-16-7-3-2-6-15(16)17(22)21(18)10-14-5-4-8-23-14/h2-3,6-7,9,14H,4-5,8,10-11H2,1H3/t14-/m0/s1. The predicted molar refractivity (Wildman–Crippen MR) is 95.8 cm³/mol. The van der Waals surface area contributed by atoms with E-state index in [1.807, 2.05) is 37.3 Å². The summed E-state index contributed by atoms with van der Waals surface area (Å²) in [6.45, 7) is 3.17. The van der Waals surface area contributed by atoms with Gasteiger partial charge in [-0.15, -0.1) is 0 Å². The van der Waals surface area contributed by atoms with Crippen molar-refractivity contribution in [1.29, 1.82) is 0 Å². The minimum absolute atomic E-state index is 0.0140. The summed E-state index contributed by atoms with van der Waals surface area (Å²) in [4.78, 5) is 17.7. The van der Waals surface area contributed by atoms with Gasteiger partial charge in [0.2, 0.25) is 0 Å². The van der Waals surface area contributed by atoms with Crippen molar-refractivity contribution in [3.05, 3.63) is 52.1 Å². The lowest BCUT2D eigenvalue weighted by molar-refractivity contribution is 0.0937. The number of nitrogens with zero attached hydrogens (tertiary/aromatic N) is 3. The fraction of sp³-hybridized carbons (Fsp3) is 0.389. The molecule has 0 radical (unpaired) electrons. The van der Waals surface area contributed by atoms with E-state index < -0.39 is 0 Å². The Kier molecular flexibility index (Phi) is 4.59. The molecule has 1 fully saturated rings. The summed E-state index contributed by atoms with van der Waals surface area (Å²) < 4.78 is 12.6. The van der Waals surface area contributed by atoms with Gasteiger partial charge < -0.3 is 9.26 Å². The zero-order chi connectivity index (χ0) is 17.2. The summed E-state index contributed by atoms with van der Waals surface area (Å²) in [6.07, 6.45) is 2.10. The van der Waals surface area contributed by atoms with Crippen molar-refractivity contribution in [2.45, 2.75) is 43.3 Å². The Balaban J connectivity index is 1.70. The average Bonchev–Trinajstić information content (AvgIpc) is 3.27. The van der Waals surface area contributed by atoms with E-state index in [2.05, 4.69) is 5.16 Å². The van der Waals surface area contributed by atoms with Crippen LogP contribution in [-0.4, -0.2) is 27.4 Å². The number of para-hydroxylation sites is 1. The number of thioether (sulfide) groups is 1. The van der Waals surface area contributed by atoms with E-state index in [4.69, 9.17) is 14.2 Å². The molecule has 6 nitrogen and oxygen atoms in total. The minimum atomic E-state index is -0.0140. The molecule has 0 amide bonds. The highest BCUT2D eigenvalue weighted by Crippen LogP contribution is 2.23. The van der Waals surface area contributed by atoms with Gasteiger partial charge in [-0.1, -0.05) is 29.1 Å². The van der Waals surface area contributed by atoms with Gasteiger partial charge in [0.05, 0.1) is 29.2 Å². The number of aromatic nitrogens is 3. The third kappa shape index (κ3) is 3.48. The van der Waals surface area contributed by atoms with Crippen LogP contribution in [0.3, 0.4) is 0 Å². The second-order valence-electron chi connectivity index (χ2n) is 6.18. The molecule has 130 valence electrons. The van der Waals surface area contributed by atoms with E-state index >= 15 is 0 Å². The molecule has 0 spiro atoms. The Morgan fingerprint density at radius 3 is 3.00 bits per heavy atom. The monoisotopic (exact) mass is 357 g/mol. The molecule has 0 N–H and O–H groups in total. The maximum Gasteiger partial charge on any atom is 0.262 e. The first-order valence-electron chi connectivity index (χ1n) is 8.37. The van der Waals surface area contributed by atoms with Crippen molar-refractivity contribution in [3.8, 4) is 0 Å². The van der Waals surface area contributed by atoms with Crippen LogP contribution in [0.25, 0.3) is 10.9 Å². The van der Waals surface area contributed by atoms with E-state index in [1.54, 1.807) is 4.57 Å². The average molecular weight is 357 g/mol. The zero-order valence-electron chi connectivity index (χ0n) is 14.0. The molecule has 0 bridgehead atoms. The SMILES string of the molecule is Cc1cc(CSc2nc3ccccc3c(=O)n2C[C@@H]2CCCO2)no1. The van der Waals surface area contributed by atoms with Crippen molar-refractivity contribution >= 4 is 22.7 Å². The molecule has 0 aliphatic carbocycles. The number of aryl methyl sites for hydroxylation is 1. The van der Waals surface area contributed by atoms with Gasteiger partial charge in [0.1, 0.15) is 5.76 Å². The zero-order valence-corrected chi connectivity index (χ0v) is 14.8. The Morgan fingerprint density at radius 1 is 1.36 bits per heavy atom. The maximum absolute atomic E-state index is 13.0. The van der Waals surface area contributed by atoms with Gasteiger partial charge in [-0.3, -0.25) is 9.36 Å². The highest BCUT2D eigenvalue weighted by atomic mass is 32.2. The molecule has 1 atom stereocenters. The van der Waals surface area contributed by atoms with Crippen LogP contribution in [0.5, 0.6) is 0 Å². The molecule has 0 saturated carbocycles. The fourth-order valence-electron chi connectivity index (χ4n) is 3.04. The van der Waals surface area contributed by atoms with Crippen LogP contribution in [0.1, 0.15) is 24.3 Å². The van der Waals surface area contributed by atoms with Gasteiger partial charge in [0, 0.05) is 18.4 Å². The van der Waals surface area contributed by atoms with Crippen molar-refractivity contribution in [2.24, 2.45) is 0 Å². The number of hydrogen-bond donors (Lipinski definition) is 0. The van der Waals surface area contributed by atoms with Gasteiger partial charge in [0.15, 0.2) is 5.16 Å². The van der Waals surface area contributed by atoms with Crippen molar-refractivity contribution in [2.75, 3.05) is 6.61 Å².